The van der Waals surface area contributed by atoms with E-state index in [-0.39, 0.29) is 11.3 Å². The van der Waals surface area contributed by atoms with Gasteiger partial charge >= 0.3 is 6.18 Å². The summed E-state index contributed by atoms with van der Waals surface area (Å²) in [5, 5.41) is 0.541. The SMILES string of the molecule is FC(F)(F)c1cc(Oc2ccc(Cl)cc2)ccc1[C]1CC1. The third-order valence-electron chi connectivity index (χ3n) is 3.23. The van der Waals surface area contributed by atoms with Crippen LogP contribution in [0.25, 0.3) is 0 Å². The van der Waals surface area contributed by atoms with Crippen molar-refractivity contribution in [3.05, 3.63) is 64.5 Å². The van der Waals surface area contributed by atoms with Gasteiger partial charge in [-0.3, -0.25) is 0 Å². The number of hydrogen-bond acceptors (Lipinski definition) is 1. The van der Waals surface area contributed by atoms with Gasteiger partial charge in [0.2, 0.25) is 0 Å². The fourth-order valence-electron chi connectivity index (χ4n) is 2.10. The van der Waals surface area contributed by atoms with Gasteiger partial charge in [0.1, 0.15) is 11.5 Å². The molecule has 3 rings (SSSR count). The number of alkyl halides is 3. The zero-order valence-electron chi connectivity index (χ0n) is 10.9. The molecule has 0 bridgehead atoms. The molecular weight excluding hydrogens is 301 g/mol. The topological polar surface area (TPSA) is 9.23 Å². The molecule has 2 aromatic carbocycles. The van der Waals surface area contributed by atoms with E-state index in [1.54, 1.807) is 30.3 Å². The van der Waals surface area contributed by atoms with Gasteiger partial charge in [-0.25, -0.2) is 0 Å². The molecule has 2 aromatic rings. The summed E-state index contributed by atoms with van der Waals surface area (Å²) in [6.45, 7) is 0. The first-order valence-electron chi connectivity index (χ1n) is 6.43. The van der Waals surface area contributed by atoms with Crippen molar-refractivity contribution in [2.24, 2.45) is 0 Å². The summed E-state index contributed by atoms with van der Waals surface area (Å²) in [4.78, 5) is 0. The Morgan fingerprint density at radius 2 is 1.52 bits per heavy atom. The highest BCUT2D eigenvalue weighted by Crippen LogP contribution is 2.46. The fourth-order valence-corrected chi connectivity index (χ4v) is 2.23. The molecule has 1 saturated carbocycles. The van der Waals surface area contributed by atoms with Gasteiger partial charge in [0.25, 0.3) is 0 Å². The molecule has 21 heavy (non-hydrogen) atoms. The highest BCUT2D eigenvalue weighted by atomic mass is 35.5. The van der Waals surface area contributed by atoms with Crippen molar-refractivity contribution in [2.75, 3.05) is 0 Å². The molecular formula is C16H11ClF3O. The molecule has 0 spiro atoms. The molecule has 0 amide bonds. The van der Waals surface area contributed by atoms with Gasteiger partial charge < -0.3 is 4.74 Å². The Kier molecular flexibility index (Phi) is 3.57. The number of hydrogen-bond donors (Lipinski definition) is 0. The van der Waals surface area contributed by atoms with E-state index in [4.69, 9.17) is 16.3 Å². The smallest absolute Gasteiger partial charge is 0.416 e. The van der Waals surface area contributed by atoms with Crippen molar-refractivity contribution in [1.29, 1.82) is 0 Å². The second-order valence-electron chi connectivity index (χ2n) is 4.86. The van der Waals surface area contributed by atoms with Crippen LogP contribution in [0.5, 0.6) is 11.5 Å². The third kappa shape index (κ3) is 3.32. The monoisotopic (exact) mass is 311 g/mol. The van der Waals surface area contributed by atoms with E-state index < -0.39 is 11.7 Å². The van der Waals surface area contributed by atoms with Crippen LogP contribution >= 0.6 is 11.6 Å². The molecule has 0 aliphatic heterocycles. The van der Waals surface area contributed by atoms with Gasteiger partial charge in [0.15, 0.2) is 0 Å². The van der Waals surface area contributed by atoms with E-state index in [0.29, 0.717) is 10.8 Å². The van der Waals surface area contributed by atoms with Crippen LogP contribution in [0.1, 0.15) is 24.0 Å². The number of halogens is 4. The Bertz CT molecular complexity index is 646. The Morgan fingerprint density at radius 1 is 0.905 bits per heavy atom. The second kappa shape index (κ2) is 5.26. The number of benzene rings is 2. The molecule has 0 N–H and O–H groups in total. The van der Waals surface area contributed by atoms with Crippen molar-refractivity contribution < 1.29 is 17.9 Å². The lowest BCUT2D eigenvalue weighted by molar-refractivity contribution is -0.138. The highest BCUT2D eigenvalue weighted by molar-refractivity contribution is 6.30. The van der Waals surface area contributed by atoms with E-state index in [2.05, 4.69) is 0 Å². The molecule has 109 valence electrons. The van der Waals surface area contributed by atoms with Crippen molar-refractivity contribution in [3.63, 3.8) is 0 Å². The minimum absolute atomic E-state index is 0.162. The molecule has 0 aromatic heterocycles. The second-order valence-corrected chi connectivity index (χ2v) is 5.30. The Labute approximate surface area is 125 Å². The van der Waals surface area contributed by atoms with Gasteiger partial charge in [0.05, 0.1) is 5.56 Å². The minimum Gasteiger partial charge on any atom is -0.457 e. The van der Waals surface area contributed by atoms with Gasteiger partial charge in [-0.15, -0.1) is 0 Å². The first kappa shape index (κ1) is 14.3. The van der Waals surface area contributed by atoms with Gasteiger partial charge in [0, 0.05) is 10.9 Å². The Morgan fingerprint density at radius 3 is 2.10 bits per heavy atom. The van der Waals surface area contributed by atoms with Crippen LogP contribution in [0.2, 0.25) is 5.02 Å². The van der Waals surface area contributed by atoms with E-state index in [0.717, 1.165) is 24.8 Å². The maximum atomic E-state index is 13.1. The van der Waals surface area contributed by atoms with Crippen molar-refractivity contribution in [2.45, 2.75) is 19.0 Å². The van der Waals surface area contributed by atoms with Crippen molar-refractivity contribution >= 4 is 11.6 Å². The molecule has 0 heterocycles. The van der Waals surface area contributed by atoms with E-state index in [9.17, 15) is 13.2 Å². The van der Waals surface area contributed by atoms with E-state index in [1.165, 1.54) is 6.07 Å². The average molecular weight is 312 g/mol. The largest absolute Gasteiger partial charge is 0.457 e. The van der Waals surface area contributed by atoms with E-state index in [1.807, 2.05) is 0 Å². The maximum Gasteiger partial charge on any atom is 0.416 e. The van der Waals surface area contributed by atoms with Crippen LogP contribution in [0, 0.1) is 5.92 Å². The van der Waals surface area contributed by atoms with Crippen LogP contribution in [0.15, 0.2) is 42.5 Å². The molecule has 0 saturated heterocycles. The summed E-state index contributed by atoms with van der Waals surface area (Å²) < 4.78 is 44.8. The maximum absolute atomic E-state index is 13.1. The first-order valence-corrected chi connectivity index (χ1v) is 6.81. The summed E-state index contributed by atoms with van der Waals surface area (Å²) in [6.07, 6.45) is -2.91. The standard InChI is InChI=1S/C16H11ClF3O/c17-11-3-5-12(6-4-11)21-13-7-8-14(10-1-2-10)15(9-13)16(18,19)20/h3-9H,1-2H2. The van der Waals surface area contributed by atoms with E-state index >= 15 is 0 Å². The number of rotatable bonds is 3. The molecule has 1 aliphatic carbocycles. The van der Waals surface area contributed by atoms with Crippen LogP contribution in [0.3, 0.4) is 0 Å². The van der Waals surface area contributed by atoms with Crippen molar-refractivity contribution in [1.82, 2.24) is 0 Å². The minimum atomic E-state index is -4.38. The lowest BCUT2D eigenvalue weighted by Crippen LogP contribution is -2.09. The van der Waals surface area contributed by atoms with Crippen LogP contribution in [-0.2, 0) is 6.18 Å². The fraction of sp³-hybridized carbons (Fsp3) is 0.188. The zero-order chi connectivity index (χ0) is 15.0. The van der Waals surface area contributed by atoms with Gasteiger partial charge in [-0.2, -0.15) is 13.2 Å². The van der Waals surface area contributed by atoms with Crippen LogP contribution in [-0.4, -0.2) is 0 Å². The number of ether oxygens (including phenoxy) is 1. The molecule has 0 atom stereocenters. The summed E-state index contributed by atoms with van der Waals surface area (Å²) in [6, 6.07) is 10.6. The highest BCUT2D eigenvalue weighted by Gasteiger charge is 2.38. The average Bonchev–Trinajstić information content (AvgIpc) is 3.25. The third-order valence-corrected chi connectivity index (χ3v) is 3.48. The molecule has 1 radical (unpaired) electrons. The van der Waals surface area contributed by atoms with Crippen molar-refractivity contribution in [3.8, 4) is 11.5 Å². The zero-order valence-corrected chi connectivity index (χ0v) is 11.6. The Hall–Kier alpha value is -1.68. The lowest BCUT2D eigenvalue weighted by atomic mass is 10.0. The normalized spacial score (nSPS) is 15.0. The first-order chi connectivity index (χ1) is 9.93. The van der Waals surface area contributed by atoms with Gasteiger partial charge in [-0.1, -0.05) is 17.7 Å². The summed E-state index contributed by atoms with van der Waals surface area (Å²) >= 11 is 5.76. The summed E-state index contributed by atoms with van der Waals surface area (Å²) in [5.41, 5.74) is -0.354. The molecule has 0 unspecified atom stereocenters. The van der Waals surface area contributed by atoms with Crippen LogP contribution in [0.4, 0.5) is 13.2 Å². The quantitative estimate of drug-likeness (QED) is 0.689. The lowest BCUT2D eigenvalue weighted by Gasteiger charge is -2.14. The van der Waals surface area contributed by atoms with Gasteiger partial charge in [-0.05, 0) is 54.8 Å². The molecule has 5 heteroatoms. The summed E-state index contributed by atoms with van der Waals surface area (Å²) in [7, 11) is 0. The molecule has 1 nitrogen and oxygen atoms in total. The molecule has 1 fully saturated rings. The molecule has 1 aliphatic rings. The predicted octanol–water partition coefficient (Wildman–Crippen LogP) is 5.87. The Balaban J connectivity index is 1.91. The predicted molar refractivity (Wildman–Crippen MR) is 74.5 cm³/mol. The van der Waals surface area contributed by atoms with Crippen LogP contribution < -0.4 is 4.74 Å². The summed E-state index contributed by atoms with van der Waals surface area (Å²) in [5.74, 6) is 1.45.